The van der Waals surface area contributed by atoms with Crippen LogP contribution in [-0.2, 0) is 0 Å². The van der Waals surface area contributed by atoms with Crippen LogP contribution in [0.15, 0.2) is 203 Å². The van der Waals surface area contributed by atoms with Gasteiger partial charge in [0.25, 0.3) is 0 Å². The van der Waals surface area contributed by atoms with Crippen LogP contribution in [0.4, 0.5) is 0 Å². The monoisotopic (exact) mass is 824 g/mol. The van der Waals surface area contributed by atoms with Gasteiger partial charge in [-0.2, -0.15) is 0 Å². The highest BCUT2D eigenvalue weighted by molar-refractivity contribution is 7.26. The third-order valence-corrected chi connectivity index (χ3v) is 13.2. The minimum absolute atomic E-state index is 0.570. The molecule has 0 amide bonds. The van der Waals surface area contributed by atoms with Crippen LogP contribution in [0, 0.1) is 0 Å². The van der Waals surface area contributed by atoms with E-state index in [1.165, 1.54) is 25.7 Å². The summed E-state index contributed by atoms with van der Waals surface area (Å²) in [6.45, 7) is 0. The topological polar surface area (TPSA) is 77.8 Å². The van der Waals surface area contributed by atoms with E-state index in [4.69, 9.17) is 28.8 Å². The first-order valence-electron chi connectivity index (χ1n) is 20.9. The Labute approximate surface area is 364 Å². The molecule has 0 unspecified atom stereocenters. The Bertz CT molecular complexity index is 3910. The molecule has 6 nitrogen and oxygen atoms in total. The molecule has 0 radical (unpaired) electrons. The smallest absolute Gasteiger partial charge is 0.227 e. The molecule has 0 aliphatic heterocycles. The summed E-state index contributed by atoms with van der Waals surface area (Å²) in [4.78, 5) is 20.5. The van der Waals surface area contributed by atoms with Crippen LogP contribution in [0.25, 0.3) is 132 Å². The van der Waals surface area contributed by atoms with Crippen LogP contribution in [0.5, 0.6) is 0 Å². The molecule has 0 saturated carbocycles. The standard InChI is InChI=1S/C56H32N4O2S/c1-3-11-33(12-4-1)38-15-9-16-39(31-38)54-58-53(36-24-21-34(22-25-36)41-18-10-19-43-42-17-7-8-20-48(42)63-52(41)43)59-55(60-54)40-26-23-35-27-29-46-49(44(35)32-40)50-47(61-46)30-28-45-51(50)62-56(57-45)37-13-5-2-6-14-37/h1-32H. The minimum atomic E-state index is 0.570. The summed E-state index contributed by atoms with van der Waals surface area (Å²) in [5.41, 5.74) is 11.1. The molecule has 13 rings (SSSR count). The molecule has 0 aliphatic rings. The molecule has 0 saturated heterocycles. The summed E-state index contributed by atoms with van der Waals surface area (Å²) < 4.78 is 15.6. The average molecular weight is 825 g/mol. The van der Waals surface area contributed by atoms with Crippen molar-refractivity contribution in [2.24, 2.45) is 0 Å². The molecule has 0 bridgehead atoms. The fourth-order valence-electron chi connectivity index (χ4n) is 8.91. The van der Waals surface area contributed by atoms with E-state index in [1.807, 2.05) is 65.9 Å². The minimum Gasteiger partial charge on any atom is -0.456 e. The summed E-state index contributed by atoms with van der Waals surface area (Å²) >= 11 is 1.84. The molecule has 0 fully saturated rings. The van der Waals surface area contributed by atoms with Crippen molar-refractivity contribution < 1.29 is 8.83 Å². The maximum absolute atomic E-state index is 6.54. The highest BCUT2D eigenvalue weighted by Gasteiger charge is 2.20. The second-order valence-corrected chi connectivity index (χ2v) is 16.8. The summed E-state index contributed by atoms with van der Waals surface area (Å²) in [6.07, 6.45) is 0. The molecular weight excluding hydrogens is 793 g/mol. The van der Waals surface area contributed by atoms with E-state index in [1.54, 1.807) is 0 Å². The molecule has 4 heterocycles. The van der Waals surface area contributed by atoms with Gasteiger partial charge in [-0.05, 0) is 81.6 Å². The van der Waals surface area contributed by atoms with Gasteiger partial charge in [0.2, 0.25) is 5.89 Å². The molecule has 0 aliphatic carbocycles. The van der Waals surface area contributed by atoms with Gasteiger partial charge < -0.3 is 8.83 Å². The van der Waals surface area contributed by atoms with Crippen molar-refractivity contribution in [1.82, 2.24) is 19.9 Å². The van der Waals surface area contributed by atoms with Crippen molar-refractivity contribution in [3.05, 3.63) is 194 Å². The van der Waals surface area contributed by atoms with E-state index in [9.17, 15) is 0 Å². The lowest BCUT2D eigenvalue weighted by Crippen LogP contribution is -2.00. The van der Waals surface area contributed by atoms with Gasteiger partial charge in [0.15, 0.2) is 23.1 Å². The van der Waals surface area contributed by atoms with Gasteiger partial charge >= 0.3 is 0 Å². The molecule has 7 heteroatoms. The molecule has 0 atom stereocenters. The van der Waals surface area contributed by atoms with Crippen molar-refractivity contribution in [2.75, 3.05) is 0 Å². The fraction of sp³-hybridized carbons (Fsp3) is 0. The predicted molar refractivity (Wildman–Crippen MR) is 258 cm³/mol. The summed E-state index contributed by atoms with van der Waals surface area (Å²) in [5, 5.41) is 6.48. The third kappa shape index (κ3) is 5.93. The van der Waals surface area contributed by atoms with Crippen LogP contribution >= 0.6 is 11.3 Å². The Morgan fingerprint density at radius 3 is 1.79 bits per heavy atom. The Hall–Kier alpha value is -8.26. The van der Waals surface area contributed by atoms with E-state index in [2.05, 4.69) is 140 Å². The normalized spacial score (nSPS) is 11.8. The van der Waals surface area contributed by atoms with Crippen LogP contribution in [0.1, 0.15) is 0 Å². The summed E-state index contributed by atoms with van der Waals surface area (Å²) in [5.74, 6) is 2.33. The SMILES string of the molecule is c1ccc(-c2cccc(-c3nc(-c4ccc(-c5cccc6c5sc5ccccc56)cc4)nc(-c4ccc5ccc6oc7ccc8nc(-c9ccccc9)oc8c7c6c5c4)n3)c2)cc1. The van der Waals surface area contributed by atoms with E-state index in [-0.39, 0.29) is 0 Å². The lowest BCUT2D eigenvalue weighted by molar-refractivity contribution is 0.622. The highest BCUT2D eigenvalue weighted by Crippen LogP contribution is 2.42. The third-order valence-electron chi connectivity index (χ3n) is 12.0. The van der Waals surface area contributed by atoms with Gasteiger partial charge in [-0.25, -0.2) is 19.9 Å². The van der Waals surface area contributed by atoms with E-state index >= 15 is 0 Å². The fourth-order valence-corrected chi connectivity index (χ4v) is 10.1. The predicted octanol–water partition coefficient (Wildman–Crippen LogP) is 15.4. The first-order valence-corrected chi connectivity index (χ1v) is 21.7. The van der Waals surface area contributed by atoms with E-state index < -0.39 is 0 Å². The molecule has 0 N–H and O–H groups in total. The number of oxazole rings is 1. The quantitative estimate of drug-likeness (QED) is 0.166. The second kappa shape index (κ2) is 14.2. The van der Waals surface area contributed by atoms with Crippen molar-refractivity contribution in [2.45, 2.75) is 0 Å². The van der Waals surface area contributed by atoms with Crippen molar-refractivity contribution in [3.8, 4) is 67.9 Å². The highest BCUT2D eigenvalue weighted by atomic mass is 32.1. The maximum atomic E-state index is 6.54. The van der Waals surface area contributed by atoms with Crippen LogP contribution in [-0.4, -0.2) is 19.9 Å². The number of rotatable bonds is 6. The van der Waals surface area contributed by atoms with Gasteiger partial charge in [-0.1, -0.05) is 146 Å². The number of aromatic nitrogens is 4. The van der Waals surface area contributed by atoms with Crippen molar-refractivity contribution in [1.29, 1.82) is 0 Å². The zero-order chi connectivity index (χ0) is 41.4. The van der Waals surface area contributed by atoms with Crippen LogP contribution in [0.2, 0.25) is 0 Å². The van der Waals surface area contributed by atoms with Gasteiger partial charge in [0.05, 0.1) is 5.39 Å². The molecule has 4 aromatic heterocycles. The van der Waals surface area contributed by atoms with E-state index in [0.29, 0.717) is 28.9 Å². The second-order valence-electron chi connectivity index (χ2n) is 15.8. The molecule has 294 valence electrons. The van der Waals surface area contributed by atoms with Gasteiger partial charge in [0, 0.05) is 47.8 Å². The Morgan fingerprint density at radius 1 is 0.365 bits per heavy atom. The summed E-state index contributed by atoms with van der Waals surface area (Å²) in [7, 11) is 0. The number of nitrogens with zero attached hydrogens (tertiary/aromatic N) is 4. The first-order chi connectivity index (χ1) is 31.2. The molecule has 9 aromatic carbocycles. The molecule has 0 spiro atoms. The number of thiophene rings is 1. The number of fused-ring (bicyclic) bond motifs is 10. The van der Waals surface area contributed by atoms with E-state index in [0.717, 1.165) is 77.2 Å². The lowest BCUT2D eigenvalue weighted by atomic mass is 10.00. The zero-order valence-electron chi connectivity index (χ0n) is 33.5. The average Bonchev–Trinajstić information content (AvgIpc) is 4.08. The largest absolute Gasteiger partial charge is 0.456 e. The molecular formula is C56H32N4O2S. The number of hydrogen-bond donors (Lipinski definition) is 0. The maximum Gasteiger partial charge on any atom is 0.227 e. The number of benzene rings is 9. The van der Waals surface area contributed by atoms with Gasteiger partial charge in [-0.15, -0.1) is 11.3 Å². The number of hydrogen-bond acceptors (Lipinski definition) is 7. The zero-order valence-corrected chi connectivity index (χ0v) is 34.3. The Morgan fingerprint density at radius 2 is 0.968 bits per heavy atom. The molecule has 13 aromatic rings. The van der Waals surface area contributed by atoms with Crippen molar-refractivity contribution in [3.63, 3.8) is 0 Å². The number of furan rings is 1. The Kier molecular flexibility index (Phi) is 7.98. The molecule has 63 heavy (non-hydrogen) atoms. The first kappa shape index (κ1) is 35.5. The lowest BCUT2D eigenvalue weighted by Gasteiger charge is -2.11. The van der Waals surface area contributed by atoms with Crippen molar-refractivity contribution >= 4 is 75.3 Å². The van der Waals surface area contributed by atoms with Gasteiger partial charge in [0.1, 0.15) is 16.7 Å². The van der Waals surface area contributed by atoms with Gasteiger partial charge in [-0.3, -0.25) is 0 Å². The summed E-state index contributed by atoms with van der Waals surface area (Å²) in [6, 6.07) is 67.0. The Balaban J connectivity index is 0.977. The van der Waals surface area contributed by atoms with Crippen LogP contribution in [0.3, 0.4) is 0 Å². The van der Waals surface area contributed by atoms with Crippen LogP contribution < -0.4 is 0 Å².